The van der Waals surface area contributed by atoms with Crippen molar-refractivity contribution in [3.05, 3.63) is 41.5 Å². The van der Waals surface area contributed by atoms with Gasteiger partial charge in [-0.05, 0) is 7.05 Å². The fourth-order valence-corrected chi connectivity index (χ4v) is 5.87. The number of benzene rings is 2. The third kappa shape index (κ3) is 4.93. The molecule has 2 aromatic carbocycles. The van der Waals surface area contributed by atoms with Gasteiger partial charge in [-0.1, -0.05) is 0 Å². The van der Waals surface area contributed by atoms with E-state index in [1.807, 2.05) is 0 Å². The number of ether oxygens (including phenoxy) is 1. The van der Waals surface area contributed by atoms with Crippen LogP contribution in [0.1, 0.15) is 24.0 Å². The van der Waals surface area contributed by atoms with E-state index in [1.54, 1.807) is 36.1 Å². The first-order valence-electron chi connectivity index (χ1n) is 9.57. The molecule has 0 atom stereocenters. The Kier molecular flexibility index (Phi) is 7.02. The summed E-state index contributed by atoms with van der Waals surface area (Å²) in [5.41, 5.74) is 0.722. The zero-order chi connectivity index (χ0) is 22.1. The molecular weight excluding hydrogens is 607 g/mol. The molecule has 160 valence electrons. The summed E-state index contributed by atoms with van der Waals surface area (Å²) in [5, 5.41) is 0.513. The Labute approximate surface area is 190 Å². The normalized spacial score (nSPS) is 16.0. The number of alkyl halides is 2. The van der Waals surface area contributed by atoms with E-state index in [0.717, 1.165) is 5.56 Å². The van der Waals surface area contributed by atoms with Crippen molar-refractivity contribution in [2.75, 3.05) is 26.7 Å². The molecule has 0 bridgehead atoms. The number of piperidine rings is 1. The fourth-order valence-electron chi connectivity index (χ4n) is 3.77. The maximum absolute atomic E-state index is 14.1. The summed E-state index contributed by atoms with van der Waals surface area (Å²) in [7, 11) is -1.96. The van der Waals surface area contributed by atoms with Crippen LogP contribution in [0.15, 0.2) is 30.3 Å². The summed E-state index contributed by atoms with van der Waals surface area (Å²) in [6, 6.07) is 8.14. The molecular formula is C20H23F2N2O4STl. The number of fused-ring (bicyclic) bond motifs is 1. The van der Waals surface area contributed by atoms with Crippen LogP contribution < -0.4 is 9.46 Å². The second-order valence-corrected chi connectivity index (χ2v) is 12.3. The summed E-state index contributed by atoms with van der Waals surface area (Å²) in [6.45, 7) is 2.21. The van der Waals surface area contributed by atoms with Crippen molar-refractivity contribution in [2.24, 2.45) is 0 Å². The first-order chi connectivity index (χ1) is 14.0. The standard InChI is InChI=1S/C20H23F2N2O4S.Tl/c1-13-6-7-17(15-4-3-5-16(19(13)15)20(21)22)28-12-18(25)24-10-8-14(9-11-24)29(26,27)23-2;/h3-7,14,23H,8-12H2,1-2H3;. The molecule has 1 fully saturated rings. The monoisotopic (exact) mass is 630 g/mol. The number of carbonyl (C=O) groups excluding carboxylic acids is 1. The second kappa shape index (κ2) is 9.03. The Bertz CT molecular complexity index is 1050. The Morgan fingerprint density at radius 1 is 1.27 bits per heavy atom. The summed E-state index contributed by atoms with van der Waals surface area (Å²) in [4.78, 5) is 14.1. The van der Waals surface area contributed by atoms with E-state index < -0.39 is 44.5 Å². The van der Waals surface area contributed by atoms with Gasteiger partial charge in [0.05, 0.1) is 0 Å². The first kappa shape index (κ1) is 23.3. The molecule has 1 aliphatic heterocycles. The van der Waals surface area contributed by atoms with Crippen LogP contribution in [0.2, 0.25) is 0 Å². The zero-order valence-electron chi connectivity index (χ0n) is 16.8. The van der Waals surface area contributed by atoms with Crippen LogP contribution >= 0.6 is 0 Å². The van der Waals surface area contributed by atoms with Crippen LogP contribution in [0.3, 0.4) is 0 Å². The number of hydrogen-bond donors (Lipinski definition) is 1. The molecule has 0 aliphatic carbocycles. The summed E-state index contributed by atoms with van der Waals surface area (Å²) >= 11 is -0.534. The Morgan fingerprint density at radius 2 is 1.93 bits per heavy atom. The number of halogens is 2. The molecule has 30 heavy (non-hydrogen) atoms. The number of nitrogens with zero attached hydrogens (tertiary/aromatic N) is 1. The van der Waals surface area contributed by atoms with Crippen molar-refractivity contribution >= 4 is 52.5 Å². The molecule has 3 rings (SSSR count). The van der Waals surface area contributed by atoms with Gasteiger partial charge in [0.2, 0.25) is 10.0 Å². The van der Waals surface area contributed by atoms with Crippen molar-refractivity contribution in [3.8, 4) is 5.75 Å². The number of aryl methyl sites for hydroxylation is 1. The number of nitrogens with one attached hydrogen (secondary N) is 1. The molecule has 0 saturated carbocycles. The molecule has 6 nitrogen and oxygen atoms in total. The summed E-state index contributed by atoms with van der Waals surface area (Å²) in [5.74, 6) is 0.127. The van der Waals surface area contributed by atoms with Crippen LogP contribution in [-0.2, 0) is 18.3 Å². The predicted octanol–water partition coefficient (Wildman–Crippen LogP) is 2.29. The Morgan fingerprint density at radius 3 is 2.53 bits per heavy atom. The Balaban J connectivity index is 1.73. The third-order valence-corrected chi connectivity index (χ3v) is 8.56. The molecule has 1 saturated heterocycles. The number of amides is 1. The molecule has 0 spiro atoms. The van der Waals surface area contributed by atoms with Crippen molar-refractivity contribution in [1.29, 1.82) is 0 Å². The summed E-state index contributed by atoms with van der Waals surface area (Å²) in [6.07, 6.45) is 0.726. The van der Waals surface area contributed by atoms with Gasteiger partial charge in [-0.15, -0.1) is 0 Å². The van der Waals surface area contributed by atoms with Crippen molar-refractivity contribution < 1.29 is 26.7 Å². The van der Waals surface area contributed by atoms with Crippen molar-refractivity contribution in [2.45, 2.75) is 28.5 Å². The number of carbonyl (C=O) groups is 1. The molecule has 0 radical (unpaired) electrons. The summed E-state index contributed by atoms with van der Waals surface area (Å²) < 4.78 is 57.3. The van der Waals surface area contributed by atoms with Gasteiger partial charge in [-0.2, -0.15) is 0 Å². The zero-order valence-corrected chi connectivity index (χ0v) is 22.1. The van der Waals surface area contributed by atoms with Gasteiger partial charge >= 0.3 is 161 Å². The topological polar surface area (TPSA) is 75.7 Å². The number of rotatable bonds is 6. The van der Waals surface area contributed by atoms with E-state index in [2.05, 4.69) is 4.72 Å². The Hall–Kier alpha value is -1.34. The van der Waals surface area contributed by atoms with Crippen LogP contribution in [0, 0.1) is 6.92 Å². The molecule has 1 N–H and O–H groups in total. The van der Waals surface area contributed by atoms with Gasteiger partial charge in [0, 0.05) is 0 Å². The number of likely N-dealkylation sites (tertiary alicyclic amines) is 1. The molecule has 1 aliphatic rings. The van der Waals surface area contributed by atoms with Gasteiger partial charge in [-0.3, -0.25) is 0 Å². The average Bonchev–Trinajstić information content (AvgIpc) is 2.72. The molecule has 0 aromatic heterocycles. The van der Waals surface area contributed by atoms with E-state index >= 15 is 0 Å². The van der Waals surface area contributed by atoms with Gasteiger partial charge < -0.3 is 0 Å². The van der Waals surface area contributed by atoms with E-state index in [9.17, 15) is 22.0 Å². The van der Waals surface area contributed by atoms with Crippen LogP contribution in [-0.4, -0.2) is 77.0 Å². The van der Waals surface area contributed by atoms with Gasteiger partial charge in [0.1, 0.15) is 0 Å². The minimum absolute atomic E-state index is 0.00732. The van der Waals surface area contributed by atoms with Gasteiger partial charge in [0.25, 0.3) is 0 Å². The second-order valence-electron chi connectivity index (χ2n) is 7.35. The molecule has 2 aromatic rings. The maximum atomic E-state index is 14.1. The number of hydrogen-bond acceptors (Lipinski definition) is 4. The molecule has 1 heterocycles. The quantitative estimate of drug-likeness (QED) is 0.498. The molecule has 1 amide bonds. The van der Waals surface area contributed by atoms with Crippen LogP contribution in [0.5, 0.6) is 5.75 Å². The van der Waals surface area contributed by atoms with E-state index in [1.165, 1.54) is 13.1 Å². The minimum atomic E-state index is -3.35. The average molecular weight is 630 g/mol. The third-order valence-electron chi connectivity index (χ3n) is 5.44. The predicted molar refractivity (Wildman–Crippen MR) is 111 cm³/mol. The van der Waals surface area contributed by atoms with Gasteiger partial charge in [0.15, 0.2) is 0 Å². The van der Waals surface area contributed by atoms with Crippen LogP contribution in [0.4, 0.5) is 8.78 Å². The van der Waals surface area contributed by atoms with E-state index in [-0.39, 0.29) is 18.1 Å². The molecule has 10 heteroatoms. The fraction of sp³-hybridized carbons (Fsp3) is 0.450. The van der Waals surface area contributed by atoms with E-state index in [0.29, 0.717) is 42.5 Å². The van der Waals surface area contributed by atoms with Crippen LogP contribution in [0.25, 0.3) is 10.8 Å². The van der Waals surface area contributed by atoms with Gasteiger partial charge in [-0.25, -0.2) is 13.1 Å². The number of sulfonamides is 1. The first-order valence-corrected chi connectivity index (χ1v) is 13.4. The van der Waals surface area contributed by atoms with Crippen molar-refractivity contribution in [1.82, 2.24) is 9.62 Å². The molecule has 0 unspecified atom stereocenters. The van der Waals surface area contributed by atoms with E-state index in [4.69, 9.17) is 4.74 Å². The van der Waals surface area contributed by atoms with Crippen molar-refractivity contribution in [3.63, 3.8) is 0 Å². The SMILES string of the molecule is CNS(=O)(=O)C1CCN(C(=O)COc2ccc(C)c3c([C](F)(F)[Tl])cccc23)CC1.